The quantitative estimate of drug-likeness (QED) is 0.232. The molecule has 0 aliphatic heterocycles. The molecule has 0 heteroatoms. The van der Waals surface area contributed by atoms with Crippen molar-refractivity contribution in [3.8, 4) is 11.1 Å². The highest BCUT2D eigenvalue weighted by atomic mass is 14.6. The highest BCUT2D eigenvalue weighted by Gasteiger charge is 2.53. The van der Waals surface area contributed by atoms with Crippen LogP contribution in [0.1, 0.15) is 101 Å². The molecule has 0 spiro atoms. The minimum Gasteiger partial charge on any atom is -0.0619 e. The van der Waals surface area contributed by atoms with Crippen LogP contribution in [-0.4, -0.2) is 0 Å². The van der Waals surface area contributed by atoms with Crippen LogP contribution in [0.5, 0.6) is 0 Å². The molecule has 0 nitrogen and oxygen atoms in total. The summed E-state index contributed by atoms with van der Waals surface area (Å²) in [5.74, 6) is 0.717. The summed E-state index contributed by atoms with van der Waals surface area (Å²) >= 11 is 0. The zero-order chi connectivity index (χ0) is 22.4. The molecule has 0 fully saturated rings. The molecule has 4 aromatic rings. The fourth-order valence-corrected chi connectivity index (χ4v) is 8.33. The smallest absolute Gasteiger partial charge is 0.0358 e. The Morgan fingerprint density at radius 2 is 1.21 bits per heavy atom. The van der Waals surface area contributed by atoms with Gasteiger partial charge in [-0.15, -0.1) is 0 Å². The SMILES string of the molecule is Cc1ccc2c3c1C(C)(C)c1ccc4c5c1C3c1c(cccc1C2(C)C)C5c1ccccc1-4. The van der Waals surface area contributed by atoms with Crippen molar-refractivity contribution in [1.82, 2.24) is 0 Å². The van der Waals surface area contributed by atoms with Crippen molar-refractivity contribution in [2.24, 2.45) is 0 Å². The standard InChI is InChI=1S/C33H28/c1-17-13-15-24-29-30-26-21(11-8-12-22(26)32(24,2)3)25-19-10-7-6-9-18(19)20-14-16-23(28(30)27(20)25)33(4,5)31(17)29/h6-16,25,30H,1-5H3. The molecule has 2 atom stereocenters. The number of rotatable bonds is 0. The molecule has 160 valence electrons. The predicted molar refractivity (Wildman–Crippen MR) is 136 cm³/mol. The fourth-order valence-electron chi connectivity index (χ4n) is 8.33. The third-order valence-electron chi connectivity index (χ3n) is 9.55. The van der Waals surface area contributed by atoms with Crippen LogP contribution in [0, 0.1) is 6.92 Å². The summed E-state index contributed by atoms with van der Waals surface area (Å²) in [5.41, 5.74) is 19.9. The van der Waals surface area contributed by atoms with Crippen molar-refractivity contribution in [3.05, 3.63) is 128 Å². The van der Waals surface area contributed by atoms with Gasteiger partial charge in [-0.25, -0.2) is 0 Å². The van der Waals surface area contributed by atoms with Crippen molar-refractivity contribution in [3.63, 3.8) is 0 Å². The highest BCUT2D eigenvalue weighted by molar-refractivity contribution is 5.88. The molecule has 0 saturated heterocycles. The topological polar surface area (TPSA) is 0 Å². The minimum atomic E-state index is -0.00448. The third kappa shape index (κ3) is 1.79. The summed E-state index contributed by atoms with van der Waals surface area (Å²) in [6, 6.07) is 26.0. The van der Waals surface area contributed by atoms with Crippen molar-refractivity contribution >= 4 is 0 Å². The summed E-state index contributed by atoms with van der Waals surface area (Å²) < 4.78 is 0. The highest BCUT2D eigenvalue weighted by Crippen LogP contribution is 2.66. The van der Waals surface area contributed by atoms with E-state index < -0.39 is 0 Å². The monoisotopic (exact) mass is 424 g/mol. The minimum absolute atomic E-state index is 0.000442. The van der Waals surface area contributed by atoms with E-state index in [0.29, 0.717) is 11.8 Å². The molecule has 4 aromatic carbocycles. The van der Waals surface area contributed by atoms with E-state index >= 15 is 0 Å². The van der Waals surface area contributed by atoms with Gasteiger partial charge in [0.2, 0.25) is 0 Å². The van der Waals surface area contributed by atoms with Crippen LogP contribution < -0.4 is 0 Å². The molecule has 8 rings (SSSR count). The van der Waals surface area contributed by atoms with Gasteiger partial charge in [-0.2, -0.15) is 0 Å². The van der Waals surface area contributed by atoms with Crippen LogP contribution in [-0.2, 0) is 10.8 Å². The number of aryl methyl sites for hydroxylation is 1. The van der Waals surface area contributed by atoms with Gasteiger partial charge in [0.1, 0.15) is 0 Å². The van der Waals surface area contributed by atoms with E-state index in [0.717, 1.165) is 0 Å². The normalized spacial score (nSPS) is 22.6. The fraction of sp³-hybridized carbons (Fsp3) is 0.273. The second kappa shape index (κ2) is 5.33. The molecule has 0 saturated carbocycles. The van der Waals surface area contributed by atoms with Gasteiger partial charge < -0.3 is 0 Å². The zero-order valence-electron chi connectivity index (χ0n) is 20.0. The lowest BCUT2D eigenvalue weighted by atomic mass is 9.51. The van der Waals surface area contributed by atoms with E-state index in [4.69, 9.17) is 0 Å². The zero-order valence-corrected chi connectivity index (χ0v) is 20.0. The maximum absolute atomic E-state index is 2.47. The largest absolute Gasteiger partial charge is 0.0619 e. The average Bonchev–Trinajstić information content (AvgIpc) is 3.13. The Labute approximate surface area is 196 Å². The maximum Gasteiger partial charge on any atom is 0.0358 e. The van der Waals surface area contributed by atoms with Crippen LogP contribution in [0.4, 0.5) is 0 Å². The van der Waals surface area contributed by atoms with Crippen molar-refractivity contribution in [1.29, 1.82) is 0 Å². The lowest BCUT2D eigenvalue weighted by Gasteiger charge is -2.51. The molecule has 0 amide bonds. The molecule has 4 aliphatic carbocycles. The second-order valence-corrected chi connectivity index (χ2v) is 11.7. The van der Waals surface area contributed by atoms with Gasteiger partial charge in [0.05, 0.1) is 0 Å². The van der Waals surface area contributed by atoms with Gasteiger partial charge in [-0.3, -0.25) is 0 Å². The van der Waals surface area contributed by atoms with Gasteiger partial charge in [0.15, 0.2) is 0 Å². The van der Waals surface area contributed by atoms with E-state index in [2.05, 4.69) is 101 Å². The first-order chi connectivity index (χ1) is 15.8. The van der Waals surface area contributed by atoms with Crippen LogP contribution in [0.2, 0.25) is 0 Å². The van der Waals surface area contributed by atoms with Crippen LogP contribution in [0.25, 0.3) is 11.1 Å². The lowest BCUT2D eigenvalue weighted by Crippen LogP contribution is -2.41. The first kappa shape index (κ1) is 18.3. The van der Waals surface area contributed by atoms with Crippen LogP contribution >= 0.6 is 0 Å². The van der Waals surface area contributed by atoms with Crippen molar-refractivity contribution in [2.75, 3.05) is 0 Å². The molecule has 33 heavy (non-hydrogen) atoms. The van der Waals surface area contributed by atoms with E-state index in [1.165, 1.54) is 38.9 Å². The molecular weight excluding hydrogens is 396 g/mol. The summed E-state index contributed by atoms with van der Waals surface area (Å²) in [7, 11) is 0. The Bertz CT molecular complexity index is 1580. The van der Waals surface area contributed by atoms with E-state index in [-0.39, 0.29) is 10.8 Å². The number of hydrogen-bond donors (Lipinski definition) is 0. The van der Waals surface area contributed by atoms with Crippen molar-refractivity contribution < 1.29 is 0 Å². The van der Waals surface area contributed by atoms with Gasteiger partial charge in [0.25, 0.3) is 0 Å². The Kier molecular flexibility index (Phi) is 2.96. The molecule has 4 aliphatic rings. The first-order valence-electron chi connectivity index (χ1n) is 12.4. The van der Waals surface area contributed by atoms with Crippen LogP contribution in [0.3, 0.4) is 0 Å². The predicted octanol–water partition coefficient (Wildman–Crippen LogP) is 7.93. The first-order valence-corrected chi connectivity index (χ1v) is 12.4. The molecule has 0 radical (unpaired) electrons. The third-order valence-corrected chi connectivity index (χ3v) is 9.55. The Morgan fingerprint density at radius 3 is 2.06 bits per heavy atom. The van der Waals surface area contributed by atoms with Crippen LogP contribution in [0.15, 0.2) is 66.7 Å². The number of fused-ring (bicyclic) bond motifs is 4. The van der Waals surface area contributed by atoms with Gasteiger partial charge in [-0.05, 0) is 79.2 Å². The van der Waals surface area contributed by atoms with Gasteiger partial charge in [-0.1, -0.05) is 94.4 Å². The molecular formula is C33H28. The Balaban J connectivity index is 1.64. The van der Waals surface area contributed by atoms with Gasteiger partial charge in [0, 0.05) is 22.7 Å². The Hall–Kier alpha value is -3.12. The molecule has 0 heterocycles. The molecule has 0 aromatic heterocycles. The maximum atomic E-state index is 2.47. The average molecular weight is 425 g/mol. The molecule has 2 unspecified atom stereocenters. The van der Waals surface area contributed by atoms with E-state index in [1.807, 2.05) is 0 Å². The molecule has 0 bridgehead atoms. The Morgan fingerprint density at radius 1 is 0.515 bits per heavy atom. The summed E-state index contributed by atoms with van der Waals surface area (Å²) in [6.45, 7) is 12.1. The summed E-state index contributed by atoms with van der Waals surface area (Å²) in [5, 5.41) is 0. The summed E-state index contributed by atoms with van der Waals surface area (Å²) in [4.78, 5) is 0. The lowest BCUT2D eigenvalue weighted by molar-refractivity contribution is 0.534. The van der Waals surface area contributed by atoms with Gasteiger partial charge >= 0.3 is 0 Å². The number of hydrogen-bond acceptors (Lipinski definition) is 0. The van der Waals surface area contributed by atoms with E-state index in [1.54, 1.807) is 33.4 Å². The van der Waals surface area contributed by atoms with Crippen molar-refractivity contribution in [2.45, 2.75) is 57.3 Å². The van der Waals surface area contributed by atoms with E-state index in [9.17, 15) is 0 Å². The second-order valence-electron chi connectivity index (χ2n) is 11.7. The number of benzene rings is 4. The molecule has 0 N–H and O–H groups in total. The summed E-state index contributed by atoms with van der Waals surface area (Å²) in [6.07, 6.45) is 0.